The lowest BCUT2D eigenvalue weighted by molar-refractivity contribution is -0.146. The van der Waals surface area contributed by atoms with E-state index in [0.29, 0.717) is 11.6 Å². The number of hydrogen-bond acceptors (Lipinski definition) is 4. The number of thioether (sulfide) groups is 1. The molecule has 0 bridgehead atoms. The first kappa shape index (κ1) is 13.2. The van der Waals surface area contributed by atoms with E-state index in [4.69, 9.17) is 5.11 Å². The maximum absolute atomic E-state index is 11.9. The number of hydrogen-bond donors (Lipinski definition) is 1. The van der Waals surface area contributed by atoms with E-state index in [0.717, 1.165) is 10.4 Å². The molecule has 4 nitrogen and oxygen atoms in total. The molecule has 2 rings (SSSR count). The van der Waals surface area contributed by atoms with Gasteiger partial charge in [0, 0.05) is 16.7 Å². The summed E-state index contributed by atoms with van der Waals surface area (Å²) in [5.74, 6) is -0.259. The summed E-state index contributed by atoms with van der Waals surface area (Å²) in [6.07, 6.45) is 3.21. The van der Waals surface area contributed by atoms with Gasteiger partial charge in [-0.25, -0.2) is 4.79 Å². The van der Waals surface area contributed by atoms with Crippen molar-refractivity contribution >= 4 is 41.1 Å². The lowest BCUT2D eigenvalue weighted by atomic mass is 10.2. The van der Waals surface area contributed by atoms with Gasteiger partial charge in [0.05, 0.1) is 5.88 Å². The van der Waals surface area contributed by atoms with Crippen LogP contribution in [0.15, 0.2) is 17.5 Å². The Morgan fingerprint density at radius 3 is 2.94 bits per heavy atom. The third kappa shape index (κ3) is 2.76. The SMILES string of the molecule is Cc1ccsc1/C=C/C(=O)N1CSCC1C(=O)O. The van der Waals surface area contributed by atoms with E-state index >= 15 is 0 Å². The van der Waals surface area contributed by atoms with Crippen LogP contribution >= 0.6 is 23.1 Å². The molecule has 1 aliphatic rings. The highest BCUT2D eigenvalue weighted by molar-refractivity contribution is 7.99. The molecule has 1 amide bonds. The van der Waals surface area contributed by atoms with Gasteiger partial charge in [0.2, 0.25) is 5.91 Å². The average molecular weight is 283 g/mol. The number of rotatable bonds is 3. The Morgan fingerprint density at radius 2 is 2.33 bits per heavy atom. The first-order valence-corrected chi connectivity index (χ1v) is 7.46. The van der Waals surface area contributed by atoms with Gasteiger partial charge >= 0.3 is 5.97 Å². The summed E-state index contributed by atoms with van der Waals surface area (Å²) in [5, 5.41) is 11.0. The van der Waals surface area contributed by atoms with Crippen molar-refractivity contribution in [2.24, 2.45) is 0 Å². The van der Waals surface area contributed by atoms with Crippen LogP contribution in [0.3, 0.4) is 0 Å². The molecule has 1 N–H and O–H groups in total. The van der Waals surface area contributed by atoms with Gasteiger partial charge in [-0.2, -0.15) is 0 Å². The van der Waals surface area contributed by atoms with Crippen molar-refractivity contribution in [3.8, 4) is 0 Å². The van der Waals surface area contributed by atoms with Gasteiger partial charge in [0.1, 0.15) is 6.04 Å². The molecule has 0 spiro atoms. The molecular weight excluding hydrogens is 270 g/mol. The smallest absolute Gasteiger partial charge is 0.327 e. The summed E-state index contributed by atoms with van der Waals surface area (Å²) >= 11 is 3.03. The number of carbonyl (C=O) groups is 2. The van der Waals surface area contributed by atoms with Gasteiger partial charge in [-0.1, -0.05) is 0 Å². The second-order valence-corrected chi connectivity index (χ2v) is 5.91. The minimum atomic E-state index is -0.936. The number of thiophene rings is 1. The molecule has 1 aliphatic heterocycles. The van der Waals surface area contributed by atoms with E-state index in [1.54, 1.807) is 17.4 Å². The molecule has 1 aromatic rings. The van der Waals surface area contributed by atoms with E-state index in [-0.39, 0.29) is 5.91 Å². The van der Waals surface area contributed by atoms with Crippen molar-refractivity contribution in [2.45, 2.75) is 13.0 Å². The molecule has 1 saturated heterocycles. The van der Waals surface area contributed by atoms with Crippen LogP contribution in [0, 0.1) is 6.92 Å². The monoisotopic (exact) mass is 283 g/mol. The van der Waals surface area contributed by atoms with Crippen molar-refractivity contribution in [3.63, 3.8) is 0 Å². The molecule has 1 fully saturated rings. The average Bonchev–Trinajstić information content (AvgIpc) is 2.94. The third-order valence-electron chi connectivity index (χ3n) is 2.73. The summed E-state index contributed by atoms with van der Waals surface area (Å²) < 4.78 is 0. The number of carboxylic acids is 1. The number of aryl methyl sites for hydroxylation is 1. The number of carboxylic acid groups (broad SMARTS) is 1. The minimum absolute atomic E-state index is 0.236. The fourth-order valence-corrected chi connectivity index (χ4v) is 3.64. The van der Waals surface area contributed by atoms with Crippen molar-refractivity contribution < 1.29 is 14.7 Å². The molecule has 0 aromatic carbocycles. The molecule has 1 aromatic heterocycles. The van der Waals surface area contributed by atoms with Crippen molar-refractivity contribution in [1.82, 2.24) is 4.90 Å². The van der Waals surface area contributed by atoms with E-state index in [1.165, 1.54) is 22.7 Å². The first-order chi connectivity index (χ1) is 8.59. The van der Waals surface area contributed by atoms with Crippen LogP contribution in [-0.2, 0) is 9.59 Å². The fourth-order valence-electron chi connectivity index (χ4n) is 1.66. The molecule has 96 valence electrons. The number of nitrogens with zero attached hydrogens (tertiary/aromatic N) is 1. The van der Waals surface area contributed by atoms with Crippen LogP contribution < -0.4 is 0 Å². The highest BCUT2D eigenvalue weighted by Crippen LogP contribution is 2.22. The summed E-state index contributed by atoms with van der Waals surface area (Å²) in [5.41, 5.74) is 1.12. The molecule has 0 saturated carbocycles. The topological polar surface area (TPSA) is 57.6 Å². The van der Waals surface area contributed by atoms with Crippen molar-refractivity contribution in [3.05, 3.63) is 28.0 Å². The Bertz CT molecular complexity index is 495. The summed E-state index contributed by atoms with van der Waals surface area (Å²) in [6, 6.07) is 1.29. The van der Waals surface area contributed by atoms with Crippen LogP contribution in [0.4, 0.5) is 0 Å². The normalized spacial score (nSPS) is 19.6. The van der Waals surface area contributed by atoms with Gasteiger partial charge in [-0.3, -0.25) is 4.79 Å². The Kier molecular flexibility index (Phi) is 4.08. The fraction of sp³-hybridized carbons (Fsp3) is 0.333. The Morgan fingerprint density at radius 1 is 1.56 bits per heavy atom. The standard InChI is InChI=1S/C12H13NO3S2/c1-8-4-5-18-10(8)2-3-11(14)13-7-17-6-9(13)12(15)16/h2-5,9H,6-7H2,1H3,(H,15,16)/b3-2+. The lowest BCUT2D eigenvalue weighted by Crippen LogP contribution is -2.40. The summed E-state index contributed by atoms with van der Waals surface area (Å²) in [6.45, 7) is 1.98. The van der Waals surface area contributed by atoms with E-state index < -0.39 is 12.0 Å². The van der Waals surface area contributed by atoms with Crippen LogP contribution in [0.1, 0.15) is 10.4 Å². The summed E-state index contributed by atoms with van der Waals surface area (Å²) in [4.78, 5) is 25.3. The van der Waals surface area contributed by atoms with Crippen molar-refractivity contribution in [2.75, 3.05) is 11.6 Å². The van der Waals surface area contributed by atoms with Gasteiger partial charge in [-0.05, 0) is 30.0 Å². The van der Waals surface area contributed by atoms with Crippen LogP contribution in [0.2, 0.25) is 0 Å². The molecule has 1 atom stereocenters. The first-order valence-electron chi connectivity index (χ1n) is 5.43. The molecule has 0 aliphatic carbocycles. The maximum Gasteiger partial charge on any atom is 0.327 e. The van der Waals surface area contributed by atoms with Crippen LogP contribution in [0.5, 0.6) is 0 Å². The summed E-state index contributed by atoms with van der Waals surface area (Å²) in [7, 11) is 0. The van der Waals surface area contributed by atoms with Gasteiger partial charge in [0.25, 0.3) is 0 Å². The van der Waals surface area contributed by atoms with Gasteiger partial charge in [-0.15, -0.1) is 23.1 Å². The molecule has 1 unspecified atom stereocenters. The van der Waals surface area contributed by atoms with Crippen molar-refractivity contribution in [1.29, 1.82) is 0 Å². The maximum atomic E-state index is 11.9. The highest BCUT2D eigenvalue weighted by atomic mass is 32.2. The third-order valence-corrected chi connectivity index (χ3v) is 4.73. The second kappa shape index (κ2) is 5.58. The highest BCUT2D eigenvalue weighted by Gasteiger charge is 2.33. The molecule has 6 heteroatoms. The predicted molar refractivity (Wildman–Crippen MR) is 73.7 cm³/mol. The van der Waals surface area contributed by atoms with Crippen LogP contribution in [-0.4, -0.2) is 39.6 Å². The molecule has 2 heterocycles. The van der Waals surface area contributed by atoms with Gasteiger partial charge in [0.15, 0.2) is 0 Å². The molecule has 18 heavy (non-hydrogen) atoms. The quantitative estimate of drug-likeness (QED) is 0.863. The van der Waals surface area contributed by atoms with E-state index in [1.807, 2.05) is 18.4 Å². The zero-order valence-electron chi connectivity index (χ0n) is 9.83. The Hall–Kier alpha value is -1.27. The van der Waals surface area contributed by atoms with Crippen LogP contribution in [0.25, 0.3) is 6.08 Å². The van der Waals surface area contributed by atoms with E-state index in [2.05, 4.69) is 0 Å². The zero-order valence-corrected chi connectivity index (χ0v) is 11.5. The predicted octanol–water partition coefficient (Wildman–Crippen LogP) is 2.06. The second-order valence-electron chi connectivity index (χ2n) is 3.96. The number of amides is 1. The molecule has 0 radical (unpaired) electrons. The zero-order chi connectivity index (χ0) is 13.1. The lowest BCUT2D eigenvalue weighted by Gasteiger charge is -2.18. The minimum Gasteiger partial charge on any atom is -0.480 e. The van der Waals surface area contributed by atoms with E-state index in [9.17, 15) is 9.59 Å². The largest absolute Gasteiger partial charge is 0.480 e. The molecular formula is C12H13NO3S2. The van der Waals surface area contributed by atoms with Gasteiger partial charge < -0.3 is 10.0 Å². The number of aliphatic carboxylic acids is 1. The number of carbonyl (C=O) groups excluding carboxylic acids is 1. The Balaban J connectivity index is 2.06. The Labute approximate surface area is 113 Å².